The molecule has 1 amide bonds. The van der Waals surface area contributed by atoms with Crippen LogP contribution < -0.4 is 5.32 Å². The molecule has 0 bridgehead atoms. The van der Waals surface area contributed by atoms with Crippen molar-refractivity contribution in [3.63, 3.8) is 0 Å². The van der Waals surface area contributed by atoms with E-state index in [1.54, 1.807) is 0 Å². The summed E-state index contributed by atoms with van der Waals surface area (Å²) >= 11 is 0. The molecule has 22 heavy (non-hydrogen) atoms. The van der Waals surface area contributed by atoms with E-state index in [2.05, 4.69) is 29.2 Å². The van der Waals surface area contributed by atoms with Gasteiger partial charge in [-0.3, -0.25) is 14.4 Å². The zero-order chi connectivity index (χ0) is 15.7. The van der Waals surface area contributed by atoms with E-state index in [0.29, 0.717) is 17.7 Å². The maximum Gasteiger partial charge on any atom is 0.255 e. The summed E-state index contributed by atoms with van der Waals surface area (Å²) in [5, 5.41) is 7.58. The summed E-state index contributed by atoms with van der Waals surface area (Å²) in [7, 11) is 0. The summed E-state index contributed by atoms with van der Waals surface area (Å²) in [6, 6.07) is 0.658. The molecule has 6 nitrogen and oxygen atoms in total. The van der Waals surface area contributed by atoms with Crippen molar-refractivity contribution in [3.8, 4) is 0 Å². The standard InChI is InChI=1S/C16H26N4O2/c1-4-5-20-9-15(12(3)18-20)16(21)17-13-6-14-10-22-11(2)7-19(14)8-13/h9,11,13-14H,4-8,10H2,1-3H3,(H,17,21)/t11-,13+,14-/m0/s1. The lowest BCUT2D eigenvalue weighted by atomic mass is 10.1. The first-order valence-corrected chi connectivity index (χ1v) is 8.27. The number of carbonyl (C=O) groups is 1. The van der Waals surface area contributed by atoms with E-state index in [0.717, 1.165) is 44.8 Å². The van der Waals surface area contributed by atoms with Crippen LogP contribution in [0.5, 0.6) is 0 Å². The van der Waals surface area contributed by atoms with Crippen molar-refractivity contribution in [3.05, 3.63) is 17.5 Å². The third-order valence-electron chi connectivity index (χ3n) is 4.57. The fourth-order valence-corrected chi connectivity index (χ4v) is 3.49. The first-order chi connectivity index (χ1) is 10.6. The van der Waals surface area contributed by atoms with E-state index in [1.807, 2.05) is 17.8 Å². The molecule has 3 atom stereocenters. The van der Waals surface area contributed by atoms with E-state index in [4.69, 9.17) is 4.74 Å². The number of fused-ring (bicyclic) bond motifs is 1. The fraction of sp³-hybridized carbons (Fsp3) is 0.750. The van der Waals surface area contributed by atoms with Crippen LogP contribution in [-0.4, -0.2) is 58.5 Å². The Morgan fingerprint density at radius 3 is 3.09 bits per heavy atom. The normalized spacial score (nSPS) is 28.6. The number of aromatic nitrogens is 2. The third kappa shape index (κ3) is 3.17. The highest BCUT2D eigenvalue weighted by Crippen LogP contribution is 2.23. The van der Waals surface area contributed by atoms with E-state index in [1.165, 1.54) is 0 Å². The lowest BCUT2D eigenvalue weighted by Gasteiger charge is -2.33. The maximum atomic E-state index is 12.5. The molecule has 0 radical (unpaired) electrons. The van der Waals surface area contributed by atoms with Crippen LogP contribution in [0, 0.1) is 6.92 Å². The molecule has 0 unspecified atom stereocenters. The monoisotopic (exact) mass is 306 g/mol. The largest absolute Gasteiger partial charge is 0.376 e. The number of ether oxygens (including phenoxy) is 1. The number of carbonyl (C=O) groups excluding carboxylic acids is 1. The minimum Gasteiger partial charge on any atom is -0.376 e. The molecule has 0 spiro atoms. The van der Waals surface area contributed by atoms with Gasteiger partial charge in [-0.15, -0.1) is 0 Å². The van der Waals surface area contributed by atoms with Crippen molar-refractivity contribution < 1.29 is 9.53 Å². The van der Waals surface area contributed by atoms with Gasteiger partial charge in [0.25, 0.3) is 5.91 Å². The topological polar surface area (TPSA) is 59.4 Å². The predicted octanol–water partition coefficient (Wildman–Crippen LogP) is 1.19. The summed E-state index contributed by atoms with van der Waals surface area (Å²) in [4.78, 5) is 14.9. The molecule has 0 aliphatic carbocycles. The SMILES string of the molecule is CCCn1cc(C(=O)N[C@@H]2C[C@H]3CO[C@@H](C)CN3C2)c(C)n1. The average Bonchev–Trinajstić information content (AvgIpc) is 3.01. The first kappa shape index (κ1) is 15.5. The van der Waals surface area contributed by atoms with Crippen molar-refractivity contribution in [1.29, 1.82) is 0 Å². The van der Waals surface area contributed by atoms with Gasteiger partial charge < -0.3 is 10.1 Å². The lowest BCUT2D eigenvalue weighted by Crippen LogP contribution is -2.45. The molecule has 3 heterocycles. The second kappa shape index (κ2) is 6.38. The molecule has 1 aromatic heterocycles. The molecular weight excluding hydrogens is 280 g/mol. The highest BCUT2D eigenvalue weighted by Gasteiger charge is 2.37. The number of amides is 1. The van der Waals surface area contributed by atoms with Crippen LogP contribution in [0.2, 0.25) is 0 Å². The van der Waals surface area contributed by atoms with Crippen LogP contribution in [-0.2, 0) is 11.3 Å². The third-order valence-corrected chi connectivity index (χ3v) is 4.57. The molecule has 6 heteroatoms. The Morgan fingerprint density at radius 1 is 1.50 bits per heavy atom. The number of hydrogen-bond donors (Lipinski definition) is 1. The second-order valence-electron chi connectivity index (χ2n) is 6.55. The van der Waals surface area contributed by atoms with Gasteiger partial charge in [-0.05, 0) is 26.7 Å². The second-order valence-corrected chi connectivity index (χ2v) is 6.55. The Balaban J connectivity index is 1.60. The summed E-state index contributed by atoms with van der Waals surface area (Å²) in [6.07, 6.45) is 4.14. The smallest absolute Gasteiger partial charge is 0.255 e. The van der Waals surface area contributed by atoms with Crippen LogP contribution in [0.3, 0.4) is 0 Å². The first-order valence-electron chi connectivity index (χ1n) is 8.27. The highest BCUT2D eigenvalue weighted by molar-refractivity contribution is 5.95. The zero-order valence-electron chi connectivity index (χ0n) is 13.7. The highest BCUT2D eigenvalue weighted by atomic mass is 16.5. The van der Waals surface area contributed by atoms with Crippen LogP contribution >= 0.6 is 0 Å². The number of morpholine rings is 1. The van der Waals surface area contributed by atoms with Crippen LogP contribution in [0.4, 0.5) is 0 Å². The van der Waals surface area contributed by atoms with Crippen LogP contribution in [0.15, 0.2) is 6.20 Å². The van der Waals surface area contributed by atoms with Gasteiger partial charge in [0.1, 0.15) is 0 Å². The van der Waals surface area contributed by atoms with Crippen molar-refractivity contribution in [1.82, 2.24) is 20.0 Å². The van der Waals surface area contributed by atoms with Crippen LogP contribution in [0.25, 0.3) is 0 Å². The number of nitrogens with one attached hydrogen (secondary N) is 1. The van der Waals surface area contributed by atoms with Gasteiger partial charge in [-0.2, -0.15) is 5.10 Å². The molecule has 2 saturated heterocycles. The molecule has 122 valence electrons. The molecule has 0 aromatic carbocycles. The fourth-order valence-electron chi connectivity index (χ4n) is 3.49. The number of hydrogen-bond acceptors (Lipinski definition) is 4. The summed E-state index contributed by atoms with van der Waals surface area (Å²) in [5.74, 6) is -0.00123. The maximum absolute atomic E-state index is 12.5. The minimum atomic E-state index is -0.00123. The van der Waals surface area contributed by atoms with Gasteiger partial charge in [0, 0.05) is 37.9 Å². The van der Waals surface area contributed by atoms with E-state index in [-0.39, 0.29) is 11.9 Å². The number of aryl methyl sites for hydroxylation is 2. The van der Waals surface area contributed by atoms with Crippen molar-refractivity contribution in [2.75, 3.05) is 19.7 Å². The molecule has 2 aliphatic heterocycles. The Bertz CT molecular complexity index is 542. The molecule has 3 rings (SSSR count). The predicted molar refractivity (Wildman–Crippen MR) is 83.9 cm³/mol. The Hall–Kier alpha value is -1.40. The lowest BCUT2D eigenvalue weighted by molar-refractivity contribution is -0.0390. The quantitative estimate of drug-likeness (QED) is 0.908. The van der Waals surface area contributed by atoms with E-state index in [9.17, 15) is 4.79 Å². The number of nitrogens with zero attached hydrogens (tertiary/aromatic N) is 3. The van der Waals surface area contributed by atoms with Crippen molar-refractivity contribution >= 4 is 5.91 Å². The van der Waals surface area contributed by atoms with Crippen LogP contribution in [0.1, 0.15) is 42.7 Å². The molecule has 1 aromatic rings. The number of rotatable bonds is 4. The van der Waals surface area contributed by atoms with Gasteiger partial charge in [-0.1, -0.05) is 6.92 Å². The molecular formula is C16H26N4O2. The molecule has 1 N–H and O–H groups in total. The van der Waals surface area contributed by atoms with E-state index < -0.39 is 0 Å². The summed E-state index contributed by atoms with van der Waals surface area (Å²) in [6.45, 7) is 9.62. The molecule has 2 fully saturated rings. The Kier molecular flexibility index (Phi) is 4.49. The van der Waals surface area contributed by atoms with Gasteiger partial charge in [-0.25, -0.2) is 0 Å². The van der Waals surface area contributed by atoms with Crippen molar-refractivity contribution in [2.24, 2.45) is 0 Å². The van der Waals surface area contributed by atoms with Gasteiger partial charge in [0.2, 0.25) is 0 Å². The molecule has 0 saturated carbocycles. The van der Waals surface area contributed by atoms with Gasteiger partial charge in [0.15, 0.2) is 0 Å². The van der Waals surface area contributed by atoms with Gasteiger partial charge in [0.05, 0.1) is 24.0 Å². The summed E-state index contributed by atoms with van der Waals surface area (Å²) < 4.78 is 7.57. The van der Waals surface area contributed by atoms with Gasteiger partial charge >= 0.3 is 0 Å². The Labute approximate surface area is 131 Å². The summed E-state index contributed by atoms with van der Waals surface area (Å²) in [5.41, 5.74) is 1.50. The minimum absolute atomic E-state index is 0.00123. The van der Waals surface area contributed by atoms with E-state index >= 15 is 0 Å². The zero-order valence-corrected chi connectivity index (χ0v) is 13.7. The van der Waals surface area contributed by atoms with Crippen molar-refractivity contribution in [2.45, 2.75) is 58.3 Å². The Morgan fingerprint density at radius 2 is 2.32 bits per heavy atom. The molecule has 2 aliphatic rings. The average molecular weight is 306 g/mol.